The summed E-state index contributed by atoms with van der Waals surface area (Å²) in [4.78, 5) is 24.2. The van der Waals surface area contributed by atoms with Gasteiger partial charge < -0.3 is 10.1 Å². The molecule has 0 radical (unpaired) electrons. The van der Waals surface area contributed by atoms with E-state index in [1.165, 1.54) is 17.4 Å². The number of esters is 1. The molecule has 0 bridgehead atoms. The summed E-state index contributed by atoms with van der Waals surface area (Å²) in [5.74, 6) is -0.647. The van der Waals surface area contributed by atoms with Crippen molar-refractivity contribution in [2.75, 3.05) is 11.9 Å². The van der Waals surface area contributed by atoms with Crippen molar-refractivity contribution in [1.82, 2.24) is 0 Å². The summed E-state index contributed by atoms with van der Waals surface area (Å²) in [6, 6.07) is 8.95. The zero-order chi connectivity index (χ0) is 16.8. The average Bonchev–Trinajstić information content (AvgIpc) is 2.86. The summed E-state index contributed by atoms with van der Waals surface area (Å²) in [5, 5.41) is 3.95. The van der Waals surface area contributed by atoms with Gasteiger partial charge in [0.25, 0.3) is 0 Å². The maximum absolute atomic E-state index is 11.9. The predicted octanol–water partition coefficient (Wildman–Crippen LogP) is 4.54. The molecule has 120 valence electrons. The van der Waals surface area contributed by atoms with Crippen LogP contribution < -0.4 is 5.32 Å². The van der Waals surface area contributed by atoms with E-state index in [2.05, 4.69) is 5.32 Å². The Kier molecular flexibility index (Phi) is 5.96. The van der Waals surface area contributed by atoms with Crippen molar-refractivity contribution in [2.24, 2.45) is 0 Å². The van der Waals surface area contributed by atoms with Crippen LogP contribution in [0, 0.1) is 6.92 Å². The van der Waals surface area contributed by atoms with Gasteiger partial charge in [-0.25, -0.2) is 4.79 Å². The lowest BCUT2D eigenvalue weighted by Gasteiger charge is -1.99. The summed E-state index contributed by atoms with van der Waals surface area (Å²) >= 11 is 7.09. The second-order valence-electron chi connectivity index (χ2n) is 4.72. The fourth-order valence-corrected chi connectivity index (χ4v) is 3.06. The van der Waals surface area contributed by atoms with Gasteiger partial charge in [-0.05, 0) is 49.2 Å². The first-order valence-corrected chi connectivity index (χ1v) is 8.21. The van der Waals surface area contributed by atoms with Gasteiger partial charge in [-0.2, -0.15) is 0 Å². The van der Waals surface area contributed by atoms with Gasteiger partial charge in [-0.1, -0.05) is 23.7 Å². The SMILES string of the molecule is CCOC(=O)c1sc(NC(=O)C=Cc2cccc(Cl)c2)cc1C. The third-order valence-electron chi connectivity index (χ3n) is 2.90. The third-order valence-corrected chi connectivity index (χ3v) is 4.27. The molecule has 1 N–H and O–H groups in total. The Bertz CT molecular complexity index is 752. The number of hydrogen-bond acceptors (Lipinski definition) is 4. The normalized spacial score (nSPS) is 10.7. The summed E-state index contributed by atoms with van der Waals surface area (Å²) in [6.07, 6.45) is 3.10. The monoisotopic (exact) mass is 349 g/mol. The second kappa shape index (κ2) is 7.94. The number of amides is 1. The average molecular weight is 350 g/mol. The Balaban J connectivity index is 2.03. The minimum absolute atomic E-state index is 0.276. The van der Waals surface area contributed by atoms with Gasteiger partial charge in [0, 0.05) is 11.1 Å². The molecule has 0 aliphatic carbocycles. The fourth-order valence-electron chi connectivity index (χ4n) is 1.89. The van der Waals surface area contributed by atoms with Crippen molar-refractivity contribution in [3.8, 4) is 0 Å². The van der Waals surface area contributed by atoms with Crippen LogP contribution in [-0.4, -0.2) is 18.5 Å². The second-order valence-corrected chi connectivity index (χ2v) is 6.21. The highest BCUT2D eigenvalue weighted by Gasteiger charge is 2.15. The van der Waals surface area contributed by atoms with Crippen LogP contribution in [-0.2, 0) is 9.53 Å². The molecule has 1 aromatic heterocycles. The molecule has 1 amide bonds. The molecule has 0 aliphatic rings. The van der Waals surface area contributed by atoms with E-state index in [1.807, 2.05) is 12.1 Å². The summed E-state index contributed by atoms with van der Waals surface area (Å²) in [7, 11) is 0. The Morgan fingerprint density at radius 1 is 1.35 bits per heavy atom. The highest BCUT2D eigenvalue weighted by atomic mass is 35.5. The van der Waals surface area contributed by atoms with Gasteiger partial charge in [0.2, 0.25) is 5.91 Å². The third kappa shape index (κ3) is 4.94. The van der Waals surface area contributed by atoms with Gasteiger partial charge in [0.05, 0.1) is 11.6 Å². The van der Waals surface area contributed by atoms with E-state index in [0.717, 1.165) is 11.1 Å². The van der Waals surface area contributed by atoms with Crippen LogP contribution in [0.5, 0.6) is 0 Å². The van der Waals surface area contributed by atoms with Crippen LogP contribution in [0.4, 0.5) is 5.00 Å². The Labute approximate surface area is 143 Å². The van der Waals surface area contributed by atoms with Crippen molar-refractivity contribution < 1.29 is 14.3 Å². The number of ether oxygens (including phenoxy) is 1. The largest absolute Gasteiger partial charge is 0.462 e. The van der Waals surface area contributed by atoms with Gasteiger partial charge in [-0.3, -0.25) is 4.79 Å². The van der Waals surface area contributed by atoms with E-state index >= 15 is 0 Å². The van der Waals surface area contributed by atoms with E-state index < -0.39 is 0 Å². The predicted molar refractivity (Wildman–Crippen MR) is 94.1 cm³/mol. The molecule has 0 spiro atoms. The standard InChI is InChI=1S/C17H16ClNO3S/c1-3-22-17(21)16-11(2)9-15(23-16)19-14(20)8-7-12-5-4-6-13(18)10-12/h4-10H,3H2,1-2H3,(H,19,20). The van der Waals surface area contributed by atoms with Crippen LogP contribution >= 0.6 is 22.9 Å². The van der Waals surface area contributed by atoms with Crippen LogP contribution in [0.1, 0.15) is 27.7 Å². The van der Waals surface area contributed by atoms with E-state index in [4.69, 9.17) is 16.3 Å². The molecule has 2 aromatic rings. The molecule has 0 atom stereocenters. The Morgan fingerprint density at radius 2 is 2.13 bits per heavy atom. The highest BCUT2D eigenvalue weighted by molar-refractivity contribution is 7.18. The number of nitrogens with one attached hydrogen (secondary N) is 1. The number of halogens is 1. The Hall–Kier alpha value is -2.11. The van der Waals surface area contributed by atoms with Crippen molar-refractivity contribution in [3.05, 3.63) is 57.4 Å². The topological polar surface area (TPSA) is 55.4 Å². The molecule has 0 saturated carbocycles. The maximum atomic E-state index is 11.9. The summed E-state index contributed by atoms with van der Waals surface area (Å²) < 4.78 is 4.98. The molecule has 4 nitrogen and oxygen atoms in total. The molecule has 0 unspecified atom stereocenters. The van der Waals surface area contributed by atoms with Gasteiger partial charge in [0.15, 0.2) is 0 Å². The Morgan fingerprint density at radius 3 is 2.83 bits per heavy atom. The van der Waals surface area contributed by atoms with Gasteiger partial charge in [0.1, 0.15) is 4.88 Å². The van der Waals surface area contributed by atoms with E-state index in [9.17, 15) is 9.59 Å². The number of carbonyl (C=O) groups excluding carboxylic acids is 2. The van der Waals surface area contributed by atoms with Crippen LogP contribution in [0.3, 0.4) is 0 Å². The van der Waals surface area contributed by atoms with Crippen molar-refractivity contribution in [3.63, 3.8) is 0 Å². The molecule has 2 rings (SSSR count). The first-order valence-electron chi connectivity index (χ1n) is 7.01. The number of benzene rings is 1. The lowest BCUT2D eigenvalue weighted by Crippen LogP contribution is -2.06. The van der Waals surface area contributed by atoms with Crippen LogP contribution in [0.2, 0.25) is 5.02 Å². The lowest BCUT2D eigenvalue weighted by molar-refractivity contribution is -0.111. The van der Waals surface area contributed by atoms with Crippen molar-refractivity contribution in [1.29, 1.82) is 0 Å². The van der Waals surface area contributed by atoms with E-state index in [1.54, 1.807) is 38.1 Å². The highest BCUT2D eigenvalue weighted by Crippen LogP contribution is 2.27. The van der Waals surface area contributed by atoms with Crippen LogP contribution in [0.15, 0.2) is 36.4 Å². The number of carbonyl (C=O) groups is 2. The smallest absolute Gasteiger partial charge is 0.348 e. The molecule has 0 aliphatic heterocycles. The van der Waals surface area contributed by atoms with Gasteiger partial charge >= 0.3 is 5.97 Å². The van der Waals surface area contributed by atoms with Crippen molar-refractivity contribution >= 4 is 45.9 Å². The molecule has 0 fully saturated rings. The minimum atomic E-state index is -0.370. The number of aryl methyl sites for hydroxylation is 1. The van der Waals surface area contributed by atoms with E-state index in [0.29, 0.717) is 21.5 Å². The zero-order valence-corrected chi connectivity index (χ0v) is 14.3. The summed E-state index contributed by atoms with van der Waals surface area (Å²) in [5.41, 5.74) is 1.62. The number of anilines is 1. The molecule has 0 saturated heterocycles. The molecular weight excluding hydrogens is 334 g/mol. The van der Waals surface area contributed by atoms with Crippen LogP contribution in [0.25, 0.3) is 6.08 Å². The quantitative estimate of drug-likeness (QED) is 0.637. The molecule has 6 heteroatoms. The first kappa shape index (κ1) is 17.2. The molecular formula is C17H16ClNO3S. The minimum Gasteiger partial charge on any atom is -0.462 e. The summed E-state index contributed by atoms with van der Waals surface area (Å²) in [6.45, 7) is 3.88. The molecule has 1 aromatic carbocycles. The molecule has 23 heavy (non-hydrogen) atoms. The number of rotatable bonds is 5. The van der Waals surface area contributed by atoms with Crippen molar-refractivity contribution in [2.45, 2.75) is 13.8 Å². The maximum Gasteiger partial charge on any atom is 0.348 e. The van der Waals surface area contributed by atoms with E-state index in [-0.39, 0.29) is 11.9 Å². The van der Waals surface area contributed by atoms with Gasteiger partial charge in [-0.15, -0.1) is 11.3 Å². The fraction of sp³-hybridized carbons (Fsp3) is 0.176. The first-order chi connectivity index (χ1) is 11.0. The molecule has 1 heterocycles. The number of hydrogen-bond donors (Lipinski definition) is 1. The lowest BCUT2D eigenvalue weighted by atomic mass is 10.2. The zero-order valence-electron chi connectivity index (χ0n) is 12.8. The number of thiophene rings is 1.